The number of thiocarbonyl (C=S) groups is 1. The van der Waals surface area contributed by atoms with Crippen molar-refractivity contribution in [3.63, 3.8) is 0 Å². The Morgan fingerprint density at radius 3 is 3.00 bits per heavy atom. The fourth-order valence-electron chi connectivity index (χ4n) is 3.85. The molecule has 3 aliphatic rings. The van der Waals surface area contributed by atoms with Gasteiger partial charge in [-0.15, -0.1) is 0 Å². The lowest BCUT2D eigenvalue weighted by molar-refractivity contribution is -0.131. The first-order valence-electron chi connectivity index (χ1n) is 6.89. The molecule has 1 heterocycles. The van der Waals surface area contributed by atoms with E-state index in [4.69, 9.17) is 17.0 Å². The highest BCUT2D eigenvalue weighted by Gasteiger charge is 2.64. The Morgan fingerprint density at radius 2 is 2.40 bits per heavy atom. The van der Waals surface area contributed by atoms with Crippen LogP contribution in [0, 0.1) is 5.92 Å². The van der Waals surface area contributed by atoms with Gasteiger partial charge in [0.2, 0.25) is 5.91 Å². The largest absolute Gasteiger partial charge is 0.465 e. The number of nitrogens with zero attached hydrogens (tertiary/aromatic N) is 1. The zero-order valence-corrected chi connectivity index (χ0v) is 13.7. The zero-order valence-electron chi connectivity index (χ0n) is 11.3. The molecule has 0 aromatic rings. The minimum Gasteiger partial charge on any atom is -0.465 e. The van der Waals surface area contributed by atoms with E-state index in [1.807, 2.05) is 0 Å². The summed E-state index contributed by atoms with van der Waals surface area (Å²) in [5.74, 6) is 0.425. The van der Waals surface area contributed by atoms with Gasteiger partial charge in [-0.3, -0.25) is 9.69 Å². The Balaban J connectivity index is 1.87. The number of rotatable bonds is 3. The first-order chi connectivity index (χ1) is 9.36. The lowest BCUT2D eigenvalue weighted by Gasteiger charge is -2.34. The lowest BCUT2D eigenvalue weighted by atomic mass is 9.89. The van der Waals surface area contributed by atoms with Crippen LogP contribution in [0.3, 0.4) is 0 Å². The van der Waals surface area contributed by atoms with E-state index in [9.17, 15) is 9.90 Å². The van der Waals surface area contributed by atoms with Crippen molar-refractivity contribution in [1.29, 1.82) is 0 Å². The van der Waals surface area contributed by atoms with Crippen molar-refractivity contribution < 1.29 is 14.6 Å². The molecule has 1 spiro atoms. The van der Waals surface area contributed by atoms with Crippen LogP contribution in [0.25, 0.3) is 0 Å². The highest BCUT2D eigenvalue weighted by Crippen LogP contribution is 2.56. The van der Waals surface area contributed by atoms with Gasteiger partial charge < -0.3 is 9.84 Å². The number of aliphatic hydroxyl groups excluding tert-OH is 1. The van der Waals surface area contributed by atoms with Crippen LogP contribution in [0.15, 0.2) is 12.2 Å². The molecule has 1 N–H and O–H groups in total. The van der Waals surface area contributed by atoms with Crippen LogP contribution >= 0.6 is 28.1 Å². The van der Waals surface area contributed by atoms with Crippen molar-refractivity contribution >= 4 is 39.2 Å². The summed E-state index contributed by atoms with van der Waals surface area (Å²) in [5.41, 5.74) is 0.288. The maximum absolute atomic E-state index is 12.7. The number of halogens is 1. The van der Waals surface area contributed by atoms with Gasteiger partial charge >= 0.3 is 0 Å². The van der Waals surface area contributed by atoms with Gasteiger partial charge in [0.05, 0.1) is 11.6 Å². The number of ether oxygens (including phenoxy) is 1. The molecule has 6 heteroatoms. The minimum atomic E-state index is -0.917. The van der Waals surface area contributed by atoms with Gasteiger partial charge in [0.25, 0.3) is 5.17 Å². The standard InChI is InChI=1S/C14H18BrNO3S/c1-7(2)11(17)10(15)12(18)16-13(20)19-9-5-8-3-4-14(9,16)6-8/h8-11,17H,1,3-6H2,2H3/t8-,9+,10+,11-,14-/m0/s1. The predicted molar refractivity (Wildman–Crippen MR) is 82.5 cm³/mol. The molecule has 3 fully saturated rings. The number of aliphatic hydroxyl groups is 1. The van der Waals surface area contributed by atoms with Crippen LogP contribution in [0.5, 0.6) is 0 Å². The van der Waals surface area contributed by atoms with Crippen molar-refractivity contribution in [2.45, 2.75) is 55.2 Å². The second-order valence-corrected chi connectivity index (χ2v) is 7.52. The van der Waals surface area contributed by atoms with Crippen LogP contribution in [-0.2, 0) is 9.53 Å². The van der Waals surface area contributed by atoms with E-state index in [-0.39, 0.29) is 22.7 Å². The molecule has 2 aliphatic carbocycles. The zero-order chi connectivity index (χ0) is 14.7. The summed E-state index contributed by atoms with van der Waals surface area (Å²) in [6.45, 7) is 5.40. The third-order valence-electron chi connectivity index (χ3n) is 4.88. The van der Waals surface area contributed by atoms with Crippen LogP contribution in [-0.4, -0.2) is 43.7 Å². The number of carbonyl (C=O) groups excluding carboxylic acids is 1. The maximum Gasteiger partial charge on any atom is 0.267 e. The van der Waals surface area contributed by atoms with Crippen molar-refractivity contribution in [2.24, 2.45) is 5.92 Å². The molecule has 1 aliphatic heterocycles. The molecule has 0 radical (unpaired) electrons. The lowest BCUT2D eigenvalue weighted by Crippen LogP contribution is -2.54. The topological polar surface area (TPSA) is 49.8 Å². The van der Waals surface area contributed by atoms with Gasteiger partial charge in [-0.05, 0) is 50.7 Å². The summed E-state index contributed by atoms with van der Waals surface area (Å²) >= 11 is 8.55. The van der Waals surface area contributed by atoms with Crippen LogP contribution < -0.4 is 0 Å². The number of hydrogen-bond acceptors (Lipinski definition) is 4. The van der Waals surface area contributed by atoms with Gasteiger partial charge in [0.15, 0.2) is 0 Å². The van der Waals surface area contributed by atoms with Gasteiger partial charge in [0.1, 0.15) is 10.9 Å². The van der Waals surface area contributed by atoms with Crippen LogP contribution in [0.1, 0.15) is 32.6 Å². The molecular weight excluding hydrogens is 342 g/mol. The fraction of sp³-hybridized carbons (Fsp3) is 0.714. The first-order valence-corrected chi connectivity index (χ1v) is 8.21. The Hall–Kier alpha value is -0.460. The molecule has 0 aromatic carbocycles. The minimum absolute atomic E-state index is 0.0411. The summed E-state index contributed by atoms with van der Waals surface area (Å²) < 4.78 is 5.75. The Labute approximate surface area is 132 Å². The third kappa shape index (κ3) is 1.88. The number of carbonyl (C=O) groups is 1. The second-order valence-electron chi connectivity index (χ2n) is 6.19. The quantitative estimate of drug-likeness (QED) is 0.476. The van der Waals surface area contributed by atoms with E-state index < -0.39 is 10.9 Å². The average Bonchev–Trinajstić information content (AvgIpc) is 3.01. The second kappa shape index (κ2) is 4.78. The molecule has 2 bridgehead atoms. The number of alkyl halides is 1. The van der Waals surface area contributed by atoms with Crippen LogP contribution in [0.4, 0.5) is 0 Å². The van der Waals surface area contributed by atoms with Crippen molar-refractivity contribution in [1.82, 2.24) is 4.90 Å². The van der Waals surface area contributed by atoms with E-state index in [2.05, 4.69) is 22.5 Å². The summed E-state index contributed by atoms with van der Waals surface area (Å²) in [7, 11) is 0. The van der Waals surface area contributed by atoms with Crippen molar-refractivity contribution in [3.8, 4) is 0 Å². The maximum atomic E-state index is 12.7. The summed E-state index contributed by atoms with van der Waals surface area (Å²) in [4.78, 5) is 13.6. The highest BCUT2D eigenvalue weighted by molar-refractivity contribution is 9.10. The summed E-state index contributed by atoms with van der Waals surface area (Å²) in [6.07, 6.45) is 3.14. The van der Waals surface area contributed by atoms with Crippen molar-refractivity contribution in [3.05, 3.63) is 12.2 Å². The van der Waals surface area contributed by atoms with E-state index >= 15 is 0 Å². The van der Waals surface area contributed by atoms with Gasteiger partial charge in [-0.25, -0.2) is 0 Å². The number of amides is 1. The Morgan fingerprint density at radius 1 is 1.70 bits per heavy atom. The first kappa shape index (κ1) is 14.5. The molecule has 0 aromatic heterocycles. The van der Waals surface area contributed by atoms with Crippen LogP contribution in [0.2, 0.25) is 0 Å². The van der Waals surface area contributed by atoms with Gasteiger partial charge in [-0.1, -0.05) is 28.1 Å². The molecule has 5 atom stereocenters. The number of hydrogen-bond donors (Lipinski definition) is 1. The number of fused-ring (bicyclic) bond motifs is 1. The van der Waals surface area contributed by atoms with Gasteiger partial charge in [0, 0.05) is 0 Å². The molecule has 4 nitrogen and oxygen atoms in total. The molecular formula is C14H18BrNO3S. The molecule has 20 heavy (non-hydrogen) atoms. The molecule has 0 unspecified atom stereocenters. The third-order valence-corrected chi connectivity index (χ3v) is 6.06. The van der Waals surface area contributed by atoms with E-state index in [0.717, 1.165) is 25.7 Å². The Bertz CT molecular complexity index is 497. The molecule has 1 amide bonds. The molecule has 1 saturated heterocycles. The summed E-state index contributed by atoms with van der Waals surface area (Å²) in [5, 5.41) is 10.3. The molecule has 2 saturated carbocycles. The van der Waals surface area contributed by atoms with E-state index in [1.54, 1.807) is 11.8 Å². The SMILES string of the molecule is C=C(C)[C@H](O)[C@@H](Br)C(=O)N1C(=S)O[C@@H]2C[C@@H]3CC[C@]21C3. The average molecular weight is 360 g/mol. The van der Waals surface area contributed by atoms with Gasteiger partial charge in [-0.2, -0.15) is 0 Å². The predicted octanol–water partition coefficient (Wildman–Crippen LogP) is 2.14. The highest BCUT2D eigenvalue weighted by atomic mass is 79.9. The summed E-state index contributed by atoms with van der Waals surface area (Å²) in [6, 6.07) is 0. The monoisotopic (exact) mass is 359 g/mol. The molecule has 3 rings (SSSR count). The molecule has 110 valence electrons. The van der Waals surface area contributed by atoms with Crippen molar-refractivity contribution in [2.75, 3.05) is 0 Å². The van der Waals surface area contributed by atoms with E-state index in [0.29, 0.717) is 11.5 Å². The Kier molecular flexibility index (Phi) is 3.46. The fourth-order valence-corrected chi connectivity index (χ4v) is 4.90. The normalized spacial score (nSPS) is 37.5. The van der Waals surface area contributed by atoms with E-state index in [1.165, 1.54) is 0 Å². The smallest absolute Gasteiger partial charge is 0.267 e.